The molecule has 0 bridgehead atoms. The second-order valence-corrected chi connectivity index (χ2v) is 3.72. The van der Waals surface area contributed by atoms with E-state index in [0.717, 1.165) is 5.69 Å². The quantitative estimate of drug-likeness (QED) is 0.707. The summed E-state index contributed by atoms with van der Waals surface area (Å²) in [6, 6.07) is 0. The number of aliphatic hydroxyl groups is 1. The van der Waals surface area contributed by atoms with E-state index in [4.69, 9.17) is 5.11 Å². The summed E-state index contributed by atoms with van der Waals surface area (Å²) in [5.74, 6) is 4.72. The summed E-state index contributed by atoms with van der Waals surface area (Å²) in [6.45, 7) is 2.14. The molecular formula is C12H17N3O2. The van der Waals surface area contributed by atoms with Gasteiger partial charge in [0.05, 0.1) is 6.33 Å². The molecule has 17 heavy (non-hydrogen) atoms. The minimum atomic E-state index is -0.294. The lowest BCUT2D eigenvalue weighted by molar-refractivity contribution is -0.115. The van der Waals surface area contributed by atoms with Gasteiger partial charge in [0.2, 0.25) is 0 Å². The molecule has 1 atom stereocenters. The SMILES string of the molecule is CC#CC(=O)NCC(CCO)c1cncn1C. The molecule has 0 aliphatic rings. The van der Waals surface area contributed by atoms with Crippen molar-refractivity contribution < 1.29 is 9.90 Å². The molecule has 1 unspecified atom stereocenters. The summed E-state index contributed by atoms with van der Waals surface area (Å²) < 4.78 is 1.89. The molecule has 92 valence electrons. The number of aromatic nitrogens is 2. The Labute approximate surface area is 101 Å². The zero-order chi connectivity index (χ0) is 12.7. The number of carbonyl (C=O) groups excluding carboxylic acids is 1. The smallest absolute Gasteiger partial charge is 0.295 e. The standard InChI is InChI=1S/C12H17N3O2/c1-3-4-12(17)14-7-10(5-6-16)11-8-13-9-15(11)2/h8-10,16H,5-7H2,1-2H3,(H,14,17). The van der Waals surface area contributed by atoms with Crippen LogP contribution in [0.3, 0.4) is 0 Å². The Balaban J connectivity index is 2.63. The largest absolute Gasteiger partial charge is 0.396 e. The Morgan fingerprint density at radius 3 is 3.00 bits per heavy atom. The van der Waals surface area contributed by atoms with Crippen LogP contribution in [-0.4, -0.2) is 33.7 Å². The van der Waals surface area contributed by atoms with Crippen LogP contribution in [-0.2, 0) is 11.8 Å². The van der Waals surface area contributed by atoms with E-state index >= 15 is 0 Å². The van der Waals surface area contributed by atoms with Crippen LogP contribution in [0.15, 0.2) is 12.5 Å². The first kappa shape index (κ1) is 13.3. The number of nitrogens with zero attached hydrogens (tertiary/aromatic N) is 2. The van der Waals surface area contributed by atoms with Gasteiger partial charge in [-0.25, -0.2) is 4.98 Å². The van der Waals surface area contributed by atoms with E-state index in [1.165, 1.54) is 0 Å². The van der Waals surface area contributed by atoms with E-state index in [-0.39, 0.29) is 18.4 Å². The average Bonchev–Trinajstić information content (AvgIpc) is 2.71. The van der Waals surface area contributed by atoms with Crippen molar-refractivity contribution in [2.75, 3.05) is 13.2 Å². The number of hydrogen-bond acceptors (Lipinski definition) is 3. The van der Waals surface area contributed by atoms with Gasteiger partial charge in [-0.15, -0.1) is 0 Å². The van der Waals surface area contributed by atoms with Crippen LogP contribution in [0.25, 0.3) is 0 Å². The number of hydrogen-bond donors (Lipinski definition) is 2. The lowest BCUT2D eigenvalue weighted by atomic mass is 10.0. The van der Waals surface area contributed by atoms with Crippen molar-refractivity contribution in [3.63, 3.8) is 0 Å². The summed E-state index contributed by atoms with van der Waals surface area (Å²) in [5.41, 5.74) is 0.990. The lowest BCUT2D eigenvalue weighted by Crippen LogP contribution is -2.28. The maximum absolute atomic E-state index is 11.2. The van der Waals surface area contributed by atoms with Crippen molar-refractivity contribution in [2.24, 2.45) is 7.05 Å². The minimum absolute atomic E-state index is 0.0510. The second-order valence-electron chi connectivity index (χ2n) is 3.72. The number of aliphatic hydroxyl groups excluding tert-OH is 1. The second kappa shape index (κ2) is 6.71. The first-order chi connectivity index (χ1) is 8.19. The highest BCUT2D eigenvalue weighted by molar-refractivity contribution is 5.93. The Kier molecular flexibility index (Phi) is 5.24. The van der Waals surface area contributed by atoms with Crippen LogP contribution in [0.5, 0.6) is 0 Å². The summed E-state index contributed by atoms with van der Waals surface area (Å²) in [7, 11) is 1.89. The molecule has 1 aromatic rings. The Bertz CT molecular complexity index is 428. The fourth-order valence-corrected chi connectivity index (χ4v) is 1.64. The van der Waals surface area contributed by atoms with Crippen LogP contribution in [0, 0.1) is 11.8 Å². The fraction of sp³-hybridized carbons (Fsp3) is 0.500. The van der Waals surface area contributed by atoms with E-state index in [1.807, 2.05) is 11.6 Å². The van der Waals surface area contributed by atoms with Gasteiger partial charge in [-0.2, -0.15) is 0 Å². The van der Waals surface area contributed by atoms with E-state index in [2.05, 4.69) is 22.1 Å². The Morgan fingerprint density at radius 2 is 2.47 bits per heavy atom. The maximum Gasteiger partial charge on any atom is 0.295 e. The summed E-state index contributed by atoms with van der Waals surface area (Å²) >= 11 is 0. The number of rotatable bonds is 5. The van der Waals surface area contributed by atoms with Gasteiger partial charge in [0, 0.05) is 38.0 Å². The minimum Gasteiger partial charge on any atom is -0.396 e. The third-order valence-electron chi connectivity index (χ3n) is 2.50. The molecule has 0 radical (unpaired) electrons. The molecule has 0 aliphatic carbocycles. The molecule has 1 heterocycles. The van der Waals surface area contributed by atoms with Crippen LogP contribution in [0.1, 0.15) is 25.0 Å². The molecule has 5 heteroatoms. The average molecular weight is 235 g/mol. The van der Waals surface area contributed by atoms with Crippen molar-refractivity contribution in [3.05, 3.63) is 18.2 Å². The van der Waals surface area contributed by atoms with E-state index in [1.54, 1.807) is 19.4 Å². The molecule has 0 aliphatic heterocycles. The molecule has 1 amide bonds. The maximum atomic E-state index is 11.2. The van der Waals surface area contributed by atoms with Crippen LogP contribution in [0.2, 0.25) is 0 Å². The predicted octanol–water partition coefficient (Wildman–Crippen LogP) is 0.0256. The lowest BCUT2D eigenvalue weighted by Gasteiger charge is -2.16. The Morgan fingerprint density at radius 1 is 1.71 bits per heavy atom. The van der Waals surface area contributed by atoms with Crippen LogP contribution < -0.4 is 5.32 Å². The van der Waals surface area contributed by atoms with Gasteiger partial charge >= 0.3 is 0 Å². The monoisotopic (exact) mass is 235 g/mol. The summed E-state index contributed by atoms with van der Waals surface area (Å²) in [4.78, 5) is 15.3. The predicted molar refractivity (Wildman–Crippen MR) is 64.1 cm³/mol. The van der Waals surface area contributed by atoms with Gasteiger partial charge in [0.1, 0.15) is 0 Å². The van der Waals surface area contributed by atoms with Gasteiger partial charge in [-0.1, -0.05) is 5.92 Å². The molecule has 0 saturated heterocycles. The third kappa shape index (κ3) is 3.93. The molecule has 0 saturated carbocycles. The van der Waals surface area contributed by atoms with Gasteiger partial charge in [0.15, 0.2) is 0 Å². The molecule has 0 spiro atoms. The van der Waals surface area contributed by atoms with Gasteiger partial charge in [0.25, 0.3) is 5.91 Å². The van der Waals surface area contributed by atoms with Crippen LogP contribution in [0.4, 0.5) is 0 Å². The van der Waals surface area contributed by atoms with E-state index in [0.29, 0.717) is 13.0 Å². The van der Waals surface area contributed by atoms with Gasteiger partial charge in [-0.05, 0) is 19.3 Å². The third-order valence-corrected chi connectivity index (χ3v) is 2.50. The van der Waals surface area contributed by atoms with Crippen molar-refractivity contribution >= 4 is 5.91 Å². The molecule has 0 fully saturated rings. The fourth-order valence-electron chi connectivity index (χ4n) is 1.64. The molecule has 1 rings (SSSR count). The summed E-state index contributed by atoms with van der Waals surface area (Å²) in [5, 5.41) is 11.7. The molecule has 1 aromatic heterocycles. The molecule has 5 nitrogen and oxygen atoms in total. The first-order valence-corrected chi connectivity index (χ1v) is 5.46. The first-order valence-electron chi connectivity index (χ1n) is 5.46. The van der Waals surface area contributed by atoms with Crippen LogP contribution >= 0.6 is 0 Å². The molecule has 2 N–H and O–H groups in total. The van der Waals surface area contributed by atoms with Gasteiger partial charge in [-0.3, -0.25) is 4.79 Å². The summed E-state index contributed by atoms with van der Waals surface area (Å²) in [6.07, 6.45) is 4.03. The number of amides is 1. The van der Waals surface area contributed by atoms with Crippen molar-refractivity contribution in [3.8, 4) is 11.8 Å². The van der Waals surface area contributed by atoms with Crippen molar-refractivity contribution in [1.29, 1.82) is 0 Å². The number of aryl methyl sites for hydroxylation is 1. The topological polar surface area (TPSA) is 67.2 Å². The van der Waals surface area contributed by atoms with Crippen molar-refractivity contribution in [1.82, 2.24) is 14.9 Å². The highest BCUT2D eigenvalue weighted by atomic mass is 16.3. The zero-order valence-corrected chi connectivity index (χ0v) is 10.1. The Hall–Kier alpha value is -1.80. The van der Waals surface area contributed by atoms with Crippen molar-refractivity contribution in [2.45, 2.75) is 19.3 Å². The molecule has 0 aromatic carbocycles. The highest BCUT2D eigenvalue weighted by Gasteiger charge is 2.15. The number of nitrogens with one attached hydrogen (secondary N) is 1. The number of imidazole rings is 1. The van der Waals surface area contributed by atoms with E-state index in [9.17, 15) is 4.79 Å². The van der Waals surface area contributed by atoms with E-state index < -0.39 is 0 Å². The molecular weight excluding hydrogens is 218 g/mol. The normalized spacial score (nSPS) is 11.5. The van der Waals surface area contributed by atoms with Gasteiger partial charge < -0.3 is 15.0 Å². The highest BCUT2D eigenvalue weighted by Crippen LogP contribution is 2.17. The zero-order valence-electron chi connectivity index (χ0n) is 10.1. The number of carbonyl (C=O) groups is 1.